The molecule has 70 valence electrons. The van der Waals surface area contributed by atoms with Crippen LogP contribution >= 0.6 is 15.9 Å². The molecule has 0 heterocycles. The van der Waals surface area contributed by atoms with Gasteiger partial charge in [0.15, 0.2) is 0 Å². The van der Waals surface area contributed by atoms with Gasteiger partial charge < -0.3 is 0 Å². The molecular formula is C11H12BrF. The van der Waals surface area contributed by atoms with Crippen LogP contribution in [0, 0.1) is 0 Å². The Morgan fingerprint density at radius 3 is 2.92 bits per heavy atom. The second-order valence-corrected chi connectivity index (χ2v) is 4.92. The van der Waals surface area contributed by atoms with Crippen molar-refractivity contribution >= 4 is 15.9 Å². The molecule has 1 atom stereocenters. The fraction of sp³-hybridized carbons (Fsp3) is 0.455. The lowest BCUT2D eigenvalue weighted by Gasteiger charge is -2.27. The summed E-state index contributed by atoms with van der Waals surface area (Å²) in [6.45, 7) is 1.69. The average molecular weight is 243 g/mol. The fourth-order valence-electron chi connectivity index (χ4n) is 1.88. The van der Waals surface area contributed by atoms with E-state index in [1.807, 2.05) is 12.1 Å². The fourth-order valence-corrected chi connectivity index (χ4v) is 2.29. The lowest BCUT2D eigenvalue weighted by molar-refractivity contribution is 0.166. The van der Waals surface area contributed by atoms with Crippen LogP contribution in [0.15, 0.2) is 22.7 Å². The van der Waals surface area contributed by atoms with Gasteiger partial charge in [0.2, 0.25) is 0 Å². The van der Waals surface area contributed by atoms with E-state index in [0.29, 0.717) is 12.8 Å². The van der Waals surface area contributed by atoms with Crippen molar-refractivity contribution in [3.8, 4) is 0 Å². The molecule has 1 unspecified atom stereocenters. The zero-order valence-corrected chi connectivity index (χ0v) is 9.20. The first-order valence-electron chi connectivity index (χ1n) is 4.53. The van der Waals surface area contributed by atoms with Crippen molar-refractivity contribution in [2.75, 3.05) is 0 Å². The number of hydrogen-bond acceptors (Lipinski definition) is 0. The highest BCUT2D eigenvalue weighted by molar-refractivity contribution is 9.10. The number of aryl methyl sites for hydroxylation is 1. The van der Waals surface area contributed by atoms with Crippen molar-refractivity contribution < 1.29 is 4.39 Å². The number of hydrogen-bond donors (Lipinski definition) is 0. The highest BCUT2D eigenvalue weighted by Crippen LogP contribution is 2.32. The molecule has 2 heteroatoms. The highest BCUT2D eigenvalue weighted by Gasteiger charge is 2.28. The summed E-state index contributed by atoms with van der Waals surface area (Å²) in [4.78, 5) is 0. The first-order valence-corrected chi connectivity index (χ1v) is 5.32. The van der Waals surface area contributed by atoms with E-state index < -0.39 is 5.67 Å². The Bertz CT molecular complexity index is 331. The summed E-state index contributed by atoms with van der Waals surface area (Å²) < 4.78 is 14.7. The number of fused-ring (bicyclic) bond motifs is 1. The Labute approximate surface area is 86.3 Å². The predicted octanol–water partition coefficient (Wildman–Crippen LogP) is 3.67. The zero-order chi connectivity index (χ0) is 9.47. The minimum absolute atomic E-state index is 0.565. The van der Waals surface area contributed by atoms with Crippen molar-refractivity contribution in [2.45, 2.75) is 31.9 Å². The first kappa shape index (κ1) is 9.20. The molecule has 0 aliphatic heterocycles. The second kappa shape index (κ2) is 3.09. The monoisotopic (exact) mass is 242 g/mol. The maximum absolute atomic E-state index is 13.6. The number of alkyl halides is 1. The standard InChI is InChI=1S/C11H12BrF/c1-11(13)5-4-8-6-10(12)3-2-9(8)7-11/h2-3,6H,4-5,7H2,1H3. The van der Waals surface area contributed by atoms with Gasteiger partial charge in [-0.3, -0.25) is 0 Å². The van der Waals surface area contributed by atoms with Gasteiger partial charge in [-0.2, -0.15) is 0 Å². The van der Waals surface area contributed by atoms with Gasteiger partial charge in [-0.15, -0.1) is 0 Å². The van der Waals surface area contributed by atoms with Crippen molar-refractivity contribution in [1.29, 1.82) is 0 Å². The van der Waals surface area contributed by atoms with E-state index in [2.05, 4.69) is 22.0 Å². The third kappa shape index (κ3) is 1.93. The summed E-state index contributed by atoms with van der Waals surface area (Å²) in [5.74, 6) is 0. The highest BCUT2D eigenvalue weighted by atomic mass is 79.9. The van der Waals surface area contributed by atoms with Crippen LogP contribution in [0.25, 0.3) is 0 Å². The van der Waals surface area contributed by atoms with Gasteiger partial charge in [0.1, 0.15) is 5.67 Å². The van der Waals surface area contributed by atoms with E-state index >= 15 is 0 Å². The summed E-state index contributed by atoms with van der Waals surface area (Å²) in [6, 6.07) is 6.11. The van der Waals surface area contributed by atoms with Gasteiger partial charge in [-0.05, 0) is 43.0 Å². The van der Waals surface area contributed by atoms with Gasteiger partial charge in [0, 0.05) is 10.9 Å². The van der Waals surface area contributed by atoms with Crippen molar-refractivity contribution in [3.05, 3.63) is 33.8 Å². The summed E-state index contributed by atoms with van der Waals surface area (Å²) >= 11 is 3.43. The van der Waals surface area contributed by atoms with Crippen LogP contribution in [0.4, 0.5) is 4.39 Å². The molecule has 0 radical (unpaired) electrons. The SMILES string of the molecule is CC1(F)CCc2cc(Br)ccc2C1. The molecule has 0 fully saturated rings. The number of halogens is 2. The third-order valence-corrected chi connectivity index (χ3v) is 3.14. The quantitative estimate of drug-likeness (QED) is 0.652. The first-order chi connectivity index (χ1) is 6.07. The lowest BCUT2D eigenvalue weighted by Crippen LogP contribution is -2.27. The van der Waals surface area contributed by atoms with Crippen LogP contribution in [0.1, 0.15) is 24.5 Å². The Balaban J connectivity index is 2.37. The molecule has 0 amide bonds. The maximum Gasteiger partial charge on any atom is 0.112 e. The minimum Gasteiger partial charge on any atom is -0.244 e. The van der Waals surface area contributed by atoms with Gasteiger partial charge in [-0.25, -0.2) is 4.39 Å². The van der Waals surface area contributed by atoms with Crippen LogP contribution in [0.5, 0.6) is 0 Å². The minimum atomic E-state index is -0.999. The Hall–Kier alpha value is -0.370. The van der Waals surface area contributed by atoms with E-state index in [-0.39, 0.29) is 0 Å². The summed E-state index contributed by atoms with van der Waals surface area (Å²) in [6.07, 6.45) is 2.08. The van der Waals surface area contributed by atoms with Crippen molar-refractivity contribution in [2.24, 2.45) is 0 Å². The average Bonchev–Trinajstić information content (AvgIpc) is 2.05. The topological polar surface area (TPSA) is 0 Å². The van der Waals surface area contributed by atoms with Crippen LogP contribution in [-0.2, 0) is 12.8 Å². The lowest BCUT2D eigenvalue weighted by atomic mass is 9.83. The van der Waals surface area contributed by atoms with Crippen LogP contribution in [0.3, 0.4) is 0 Å². The summed E-state index contributed by atoms with van der Waals surface area (Å²) in [5.41, 5.74) is 1.46. The zero-order valence-electron chi connectivity index (χ0n) is 7.61. The molecule has 13 heavy (non-hydrogen) atoms. The maximum atomic E-state index is 13.6. The Kier molecular flexibility index (Phi) is 2.18. The molecule has 0 aromatic heterocycles. The molecule has 0 nitrogen and oxygen atoms in total. The molecular weight excluding hydrogens is 231 g/mol. The van der Waals surface area contributed by atoms with Gasteiger partial charge in [0.25, 0.3) is 0 Å². The van der Waals surface area contributed by atoms with Crippen LogP contribution in [0.2, 0.25) is 0 Å². The number of benzene rings is 1. The van der Waals surface area contributed by atoms with Gasteiger partial charge in [-0.1, -0.05) is 22.0 Å². The van der Waals surface area contributed by atoms with Crippen LogP contribution in [-0.4, -0.2) is 5.67 Å². The van der Waals surface area contributed by atoms with E-state index in [9.17, 15) is 4.39 Å². The van der Waals surface area contributed by atoms with E-state index in [1.54, 1.807) is 6.92 Å². The smallest absolute Gasteiger partial charge is 0.112 e. The molecule has 1 aliphatic carbocycles. The molecule has 1 aliphatic rings. The number of rotatable bonds is 0. The van der Waals surface area contributed by atoms with Crippen molar-refractivity contribution in [3.63, 3.8) is 0 Å². The Morgan fingerprint density at radius 1 is 1.38 bits per heavy atom. The third-order valence-electron chi connectivity index (χ3n) is 2.64. The molecule has 2 rings (SSSR count). The normalized spacial score (nSPS) is 27.0. The predicted molar refractivity (Wildman–Crippen MR) is 55.7 cm³/mol. The van der Waals surface area contributed by atoms with E-state index in [1.165, 1.54) is 11.1 Å². The van der Waals surface area contributed by atoms with E-state index in [4.69, 9.17) is 0 Å². The molecule has 0 saturated carbocycles. The molecule has 1 aromatic carbocycles. The van der Waals surface area contributed by atoms with E-state index in [0.717, 1.165) is 10.9 Å². The molecule has 0 N–H and O–H groups in total. The molecule has 0 spiro atoms. The molecule has 0 bridgehead atoms. The molecule has 1 aromatic rings. The second-order valence-electron chi connectivity index (χ2n) is 4.00. The molecule has 0 saturated heterocycles. The summed E-state index contributed by atoms with van der Waals surface area (Å²) in [5, 5.41) is 0. The largest absolute Gasteiger partial charge is 0.244 e. The summed E-state index contributed by atoms with van der Waals surface area (Å²) in [7, 11) is 0. The van der Waals surface area contributed by atoms with Crippen LogP contribution < -0.4 is 0 Å². The van der Waals surface area contributed by atoms with Gasteiger partial charge >= 0.3 is 0 Å². The van der Waals surface area contributed by atoms with Gasteiger partial charge in [0.05, 0.1) is 0 Å². The Morgan fingerprint density at radius 2 is 2.15 bits per heavy atom. The van der Waals surface area contributed by atoms with Crippen molar-refractivity contribution in [1.82, 2.24) is 0 Å².